The number of hydrogen-bond acceptors (Lipinski definition) is 3. The average Bonchev–Trinajstić information content (AvgIpc) is 2.89. The van der Waals surface area contributed by atoms with Crippen LogP contribution in [0.4, 0.5) is 0 Å². The Morgan fingerprint density at radius 3 is 2.92 bits per heavy atom. The average molecular weight is 393 g/mol. The van der Waals surface area contributed by atoms with E-state index in [1.807, 2.05) is 12.1 Å². The van der Waals surface area contributed by atoms with Crippen molar-refractivity contribution in [3.8, 4) is 5.75 Å². The maximum atomic E-state index is 12.4. The molecule has 24 heavy (non-hydrogen) atoms. The molecule has 0 amide bonds. The summed E-state index contributed by atoms with van der Waals surface area (Å²) in [7, 11) is 0. The molecule has 128 valence electrons. The summed E-state index contributed by atoms with van der Waals surface area (Å²) in [5.41, 5.74) is 2.68. The van der Waals surface area contributed by atoms with Crippen LogP contribution < -0.4 is 4.74 Å². The van der Waals surface area contributed by atoms with E-state index in [1.54, 1.807) is 0 Å². The normalized spacial score (nSPS) is 34.2. The molecule has 3 aliphatic carbocycles. The van der Waals surface area contributed by atoms with Crippen LogP contribution in [0.2, 0.25) is 0 Å². The van der Waals surface area contributed by atoms with E-state index in [1.165, 1.54) is 11.1 Å². The molecule has 4 rings (SSSR count). The number of aryl methyl sites for hydroxylation is 1. The lowest BCUT2D eigenvalue weighted by atomic mass is 9.55. The predicted molar refractivity (Wildman–Crippen MR) is 95.5 cm³/mol. The summed E-state index contributed by atoms with van der Waals surface area (Å²) in [5, 5.41) is 0.211. The summed E-state index contributed by atoms with van der Waals surface area (Å²) < 4.78 is 5.33. The van der Waals surface area contributed by atoms with Gasteiger partial charge in [-0.3, -0.25) is 9.59 Å². The fourth-order valence-electron chi connectivity index (χ4n) is 5.55. The van der Waals surface area contributed by atoms with Crippen LogP contribution in [0.3, 0.4) is 0 Å². The second-order valence-corrected chi connectivity index (χ2v) is 8.36. The first-order valence-electron chi connectivity index (χ1n) is 8.95. The minimum Gasteiger partial charge on any atom is -0.426 e. The van der Waals surface area contributed by atoms with Gasteiger partial charge < -0.3 is 4.74 Å². The molecule has 0 spiro atoms. The van der Waals surface area contributed by atoms with Crippen molar-refractivity contribution in [2.45, 2.75) is 51.4 Å². The third-order valence-corrected chi connectivity index (χ3v) is 7.21. The predicted octanol–water partition coefficient (Wildman–Crippen LogP) is 4.41. The van der Waals surface area contributed by atoms with Crippen LogP contribution in [0.5, 0.6) is 5.75 Å². The summed E-state index contributed by atoms with van der Waals surface area (Å²) >= 11 is 3.13. The number of carbonyl (C=O) groups is 2. The molecule has 0 aromatic heterocycles. The molecule has 0 aliphatic heterocycles. The number of rotatable bonds is 2. The topological polar surface area (TPSA) is 43.4 Å². The summed E-state index contributed by atoms with van der Waals surface area (Å²) in [6, 6.07) is 6.12. The van der Waals surface area contributed by atoms with Crippen molar-refractivity contribution in [2.24, 2.45) is 17.3 Å². The number of Topliss-reactive ketones (excluding diaryl/α,β-unsaturated/α-hetero) is 1. The molecule has 0 radical (unpaired) electrons. The number of halogens is 1. The number of esters is 1. The number of carbonyl (C=O) groups excluding carboxylic acids is 2. The Labute approximate surface area is 151 Å². The van der Waals surface area contributed by atoms with Gasteiger partial charge in [0.15, 0.2) is 0 Å². The van der Waals surface area contributed by atoms with Crippen molar-refractivity contribution >= 4 is 27.7 Å². The van der Waals surface area contributed by atoms with Gasteiger partial charge in [0.25, 0.3) is 0 Å². The molecule has 1 aromatic carbocycles. The van der Waals surface area contributed by atoms with Gasteiger partial charge in [-0.1, -0.05) is 28.9 Å². The minimum absolute atomic E-state index is 0.0655. The summed E-state index contributed by atoms with van der Waals surface area (Å²) in [5.74, 6) is 2.64. The Morgan fingerprint density at radius 2 is 2.12 bits per heavy atom. The first-order valence-corrected chi connectivity index (χ1v) is 10.1. The van der Waals surface area contributed by atoms with Crippen molar-refractivity contribution in [1.29, 1.82) is 0 Å². The van der Waals surface area contributed by atoms with E-state index >= 15 is 0 Å². The first kappa shape index (κ1) is 16.3. The molecule has 4 heteroatoms. The van der Waals surface area contributed by atoms with Gasteiger partial charge in [-0.25, -0.2) is 0 Å². The fraction of sp³-hybridized carbons (Fsp3) is 0.600. The molecule has 0 heterocycles. The molecule has 0 saturated heterocycles. The van der Waals surface area contributed by atoms with E-state index in [2.05, 4.69) is 28.9 Å². The summed E-state index contributed by atoms with van der Waals surface area (Å²) in [6.07, 6.45) is 6.16. The summed E-state index contributed by atoms with van der Waals surface area (Å²) in [4.78, 5) is 23.8. The van der Waals surface area contributed by atoms with Crippen molar-refractivity contribution in [2.75, 3.05) is 5.33 Å². The van der Waals surface area contributed by atoms with Crippen LogP contribution in [0, 0.1) is 17.3 Å². The van der Waals surface area contributed by atoms with E-state index in [4.69, 9.17) is 4.74 Å². The number of fused-ring (bicyclic) bond motifs is 5. The molecule has 0 unspecified atom stereocenters. The maximum Gasteiger partial charge on any atom is 0.321 e. The molecule has 0 N–H and O–H groups in total. The van der Waals surface area contributed by atoms with Crippen molar-refractivity contribution in [3.63, 3.8) is 0 Å². The number of hydrogen-bond donors (Lipinski definition) is 0. The Hall–Kier alpha value is -1.16. The van der Waals surface area contributed by atoms with Crippen molar-refractivity contribution in [1.82, 2.24) is 0 Å². The van der Waals surface area contributed by atoms with E-state index in [-0.39, 0.29) is 16.7 Å². The van der Waals surface area contributed by atoms with Crippen LogP contribution in [-0.4, -0.2) is 17.1 Å². The maximum absolute atomic E-state index is 12.4. The molecule has 0 bridgehead atoms. The van der Waals surface area contributed by atoms with E-state index in [9.17, 15) is 9.59 Å². The van der Waals surface area contributed by atoms with Crippen LogP contribution in [0.25, 0.3) is 0 Å². The van der Waals surface area contributed by atoms with Crippen molar-refractivity contribution in [3.05, 3.63) is 29.3 Å². The zero-order chi connectivity index (χ0) is 16.9. The summed E-state index contributed by atoms with van der Waals surface area (Å²) in [6.45, 7) is 2.21. The molecular weight excluding hydrogens is 370 g/mol. The lowest BCUT2D eigenvalue weighted by Gasteiger charge is -2.48. The second kappa shape index (κ2) is 5.98. The lowest BCUT2D eigenvalue weighted by molar-refractivity contribution is -0.131. The molecule has 3 aliphatic rings. The minimum atomic E-state index is -0.262. The largest absolute Gasteiger partial charge is 0.426 e. The molecular formula is C20H23BrO3. The van der Waals surface area contributed by atoms with Gasteiger partial charge in [-0.2, -0.15) is 0 Å². The van der Waals surface area contributed by atoms with Gasteiger partial charge in [0.2, 0.25) is 0 Å². The Kier molecular flexibility index (Phi) is 4.06. The van der Waals surface area contributed by atoms with E-state index < -0.39 is 0 Å². The quantitative estimate of drug-likeness (QED) is 0.425. The molecule has 2 fully saturated rings. The van der Waals surface area contributed by atoms with Gasteiger partial charge in [-0.15, -0.1) is 0 Å². The highest BCUT2D eigenvalue weighted by Crippen LogP contribution is 2.59. The smallest absolute Gasteiger partial charge is 0.321 e. The third kappa shape index (κ3) is 2.45. The third-order valence-electron chi connectivity index (χ3n) is 6.75. The van der Waals surface area contributed by atoms with Gasteiger partial charge in [-0.05, 0) is 73.1 Å². The van der Waals surface area contributed by atoms with Crippen LogP contribution in [0.15, 0.2) is 18.2 Å². The first-order chi connectivity index (χ1) is 11.5. The number of ketones is 1. The van der Waals surface area contributed by atoms with E-state index in [0.29, 0.717) is 29.3 Å². The SMILES string of the molecule is C[C@]12CC[C@@H]3c4ccc(OC(=O)[14CH2]Br)cc4CC[C@H]3[C@@H]1CCC2=O. The molecule has 4 atom stereocenters. The lowest BCUT2D eigenvalue weighted by Crippen LogP contribution is -2.42. The number of alkyl halides is 1. The zero-order valence-corrected chi connectivity index (χ0v) is 15.6. The molecule has 3 nitrogen and oxygen atoms in total. The number of benzene rings is 1. The standard InChI is InChI=1S/C20H23BrO3/c1-20-9-8-15-14-5-3-13(24-19(23)11-21)10-12(14)2-4-16(15)17(20)6-7-18(20)22/h3,5,10,15-17H,2,4,6-9,11H2,1H3/t15-,16-,17+,20+/m1/s1/i11+2. The monoisotopic (exact) mass is 392 g/mol. The fourth-order valence-corrected chi connectivity index (χ4v) is 5.67. The van der Waals surface area contributed by atoms with E-state index in [0.717, 1.165) is 38.5 Å². The zero-order valence-electron chi connectivity index (χ0n) is 14.0. The Balaban J connectivity index is 1.61. The van der Waals surface area contributed by atoms with Crippen LogP contribution in [-0.2, 0) is 16.0 Å². The van der Waals surface area contributed by atoms with Crippen LogP contribution >= 0.6 is 15.9 Å². The number of ether oxygens (including phenoxy) is 1. The molecule has 2 saturated carbocycles. The van der Waals surface area contributed by atoms with Gasteiger partial charge in [0.05, 0.1) is 0 Å². The van der Waals surface area contributed by atoms with Crippen molar-refractivity contribution < 1.29 is 14.3 Å². The Bertz CT molecular complexity index is 698. The van der Waals surface area contributed by atoms with Crippen LogP contribution in [0.1, 0.15) is 56.1 Å². The van der Waals surface area contributed by atoms with Gasteiger partial charge in [0.1, 0.15) is 16.9 Å². The highest BCUT2D eigenvalue weighted by atomic mass is 79.9. The van der Waals surface area contributed by atoms with Gasteiger partial charge in [0, 0.05) is 11.8 Å². The molecule has 1 aromatic rings. The highest BCUT2D eigenvalue weighted by molar-refractivity contribution is 9.09. The highest BCUT2D eigenvalue weighted by Gasteiger charge is 2.54. The Morgan fingerprint density at radius 1 is 1.29 bits per heavy atom. The second-order valence-electron chi connectivity index (χ2n) is 7.80. The van der Waals surface area contributed by atoms with Gasteiger partial charge >= 0.3 is 5.97 Å².